The fraction of sp³-hybridized carbons (Fsp3) is 0.632. The fourth-order valence-corrected chi connectivity index (χ4v) is 2.78. The number of ether oxygens (including phenoxy) is 2. The molecule has 5 nitrogen and oxygen atoms in total. The van der Waals surface area contributed by atoms with Crippen LogP contribution in [0.1, 0.15) is 37.6 Å². The zero-order valence-electron chi connectivity index (χ0n) is 15.6. The lowest BCUT2D eigenvalue weighted by molar-refractivity contribution is 0.0622. The number of amides is 1. The predicted molar refractivity (Wildman–Crippen MR) is 96.0 cm³/mol. The molecule has 0 radical (unpaired) electrons. The van der Waals surface area contributed by atoms with E-state index in [9.17, 15) is 4.79 Å². The van der Waals surface area contributed by atoms with Gasteiger partial charge in [-0.1, -0.05) is 20.8 Å². The molecule has 0 aromatic heterocycles. The lowest BCUT2D eigenvalue weighted by Crippen LogP contribution is -2.49. The molecular formula is C19H30N2O3. The first-order valence-corrected chi connectivity index (χ1v) is 8.57. The van der Waals surface area contributed by atoms with E-state index < -0.39 is 0 Å². The average Bonchev–Trinajstić information content (AvgIpc) is 2.58. The van der Waals surface area contributed by atoms with Gasteiger partial charge in [0.15, 0.2) is 0 Å². The summed E-state index contributed by atoms with van der Waals surface area (Å²) >= 11 is 0. The van der Waals surface area contributed by atoms with Crippen molar-refractivity contribution in [1.29, 1.82) is 0 Å². The van der Waals surface area contributed by atoms with E-state index in [0.29, 0.717) is 22.5 Å². The Labute approximate surface area is 145 Å². The Morgan fingerprint density at radius 3 is 2.00 bits per heavy atom. The Kier molecular flexibility index (Phi) is 6.10. The third kappa shape index (κ3) is 5.13. The lowest BCUT2D eigenvalue weighted by Gasteiger charge is -2.36. The molecule has 1 aromatic rings. The summed E-state index contributed by atoms with van der Waals surface area (Å²) in [5.41, 5.74) is 0.971. The molecule has 0 spiro atoms. The van der Waals surface area contributed by atoms with Crippen LogP contribution in [-0.2, 0) is 0 Å². The van der Waals surface area contributed by atoms with E-state index in [1.54, 1.807) is 32.4 Å². The monoisotopic (exact) mass is 334 g/mol. The largest absolute Gasteiger partial charge is 0.497 e. The van der Waals surface area contributed by atoms with Crippen LogP contribution in [0.3, 0.4) is 0 Å². The van der Waals surface area contributed by atoms with Gasteiger partial charge in [0.25, 0.3) is 5.91 Å². The zero-order chi connectivity index (χ0) is 17.7. The minimum Gasteiger partial charge on any atom is -0.497 e. The Morgan fingerprint density at radius 1 is 1.00 bits per heavy atom. The van der Waals surface area contributed by atoms with Crippen LogP contribution >= 0.6 is 0 Å². The van der Waals surface area contributed by atoms with Gasteiger partial charge in [0.2, 0.25) is 0 Å². The molecule has 0 bridgehead atoms. The Hall–Kier alpha value is -1.75. The molecule has 0 saturated carbocycles. The molecule has 1 amide bonds. The van der Waals surface area contributed by atoms with Gasteiger partial charge >= 0.3 is 0 Å². The summed E-state index contributed by atoms with van der Waals surface area (Å²) in [4.78, 5) is 17.1. The number of hydrogen-bond donors (Lipinski definition) is 0. The van der Waals surface area contributed by atoms with E-state index in [4.69, 9.17) is 9.47 Å². The second-order valence-electron chi connectivity index (χ2n) is 7.55. The summed E-state index contributed by atoms with van der Waals surface area (Å²) in [6, 6.07) is 5.33. The van der Waals surface area contributed by atoms with Crippen LogP contribution in [-0.4, -0.2) is 62.7 Å². The van der Waals surface area contributed by atoms with Gasteiger partial charge < -0.3 is 14.4 Å². The molecule has 2 rings (SSSR count). The van der Waals surface area contributed by atoms with Crippen LogP contribution in [0.4, 0.5) is 0 Å². The predicted octanol–water partition coefficient (Wildman–Crippen LogP) is 2.90. The number of piperazine rings is 1. The van der Waals surface area contributed by atoms with Crippen LogP contribution in [0.25, 0.3) is 0 Å². The maximum Gasteiger partial charge on any atom is 0.254 e. The van der Waals surface area contributed by atoms with Gasteiger partial charge in [0.05, 0.1) is 14.2 Å². The number of carbonyl (C=O) groups is 1. The van der Waals surface area contributed by atoms with E-state index in [0.717, 1.165) is 32.7 Å². The van der Waals surface area contributed by atoms with Gasteiger partial charge in [0, 0.05) is 37.8 Å². The summed E-state index contributed by atoms with van der Waals surface area (Å²) < 4.78 is 10.5. The molecule has 134 valence electrons. The average molecular weight is 334 g/mol. The number of nitrogens with zero attached hydrogens (tertiary/aromatic N) is 2. The topological polar surface area (TPSA) is 42.0 Å². The number of rotatable bonds is 5. The van der Waals surface area contributed by atoms with Crippen LogP contribution in [0, 0.1) is 5.41 Å². The van der Waals surface area contributed by atoms with Crippen LogP contribution in [0.15, 0.2) is 18.2 Å². The summed E-state index contributed by atoms with van der Waals surface area (Å²) in [7, 11) is 3.19. The Morgan fingerprint density at radius 2 is 1.54 bits per heavy atom. The first kappa shape index (κ1) is 18.6. The molecule has 0 aliphatic carbocycles. The number of carbonyl (C=O) groups excluding carboxylic acids is 1. The van der Waals surface area contributed by atoms with Crippen molar-refractivity contribution in [1.82, 2.24) is 9.80 Å². The molecule has 1 aliphatic rings. The van der Waals surface area contributed by atoms with Crippen molar-refractivity contribution in [2.24, 2.45) is 5.41 Å². The minimum atomic E-state index is 0.0441. The number of hydrogen-bond acceptors (Lipinski definition) is 4. The third-order valence-corrected chi connectivity index (χ3v) is 4.44. The SMILES string of the molecule is COc1cc(OC)cc(C(=O)N2CCN(CCC(C)(C)C)CC2)c1. The van der Waals surface area contributed by atoms with Gasteiger partial charge in [-0.05, 0) is 30.5 Å². The van der Waals surface area contributed by atoms with E-state index in [-0.39, 0.29) is 5.91 Å². The van der Waals surface area contributed by atoms with Crippen LogP contribution in [0.5, 0.6) is 11.5 Å². The van der Waals surface area contributed by atoms with Crippen molar-refractivity contribution >= 4 is 5.91 Å². The van der Waals surface area contributed by atoms with E-state index in [1.807, 2.05) is 4.90 Å². The summed E-state index contributed by atoms with van der Waals surface area (Å²) in [5.74, 6) is 1.32. The molecule has 0 N–H and O–H groups in total. The first-order valence-electron chi connectivity index (χ1n) is 8.57. The highest BCUT2D eigenvalue weighted by molar-refractivity contribution is 5.95. The highest BCUT2D eigenvalue weighted by atomic mass is 16.5. The van der Waals surface area contributed by atoms with Crippen molar-refractivity contribution in [3.8, 4) is 11.5 Å². The molecule has 1 heterocycles. The van der Waals surface area contributed by atoms with E-state index in [1.165, 1.54) is 6.42 Å². The molecule has 24 heavy (non-hydrogen) atoms. The molecule has 1 fully saturated rings. The highest BCUT2D eigenvalue weighted by Crippen LogP contribution is 2.24. The van der Waals surface area contributed by atoms with Gasteiger partial charge in [-0.2, -0.15) is 0 Å². The van der Waals surface area contributed by atoms with Crippen LogP contribution in [0.2, 0.25) is 0 Å². The van der Waals surface area contributed by atoms with Gasteiger partial charge in [0.1, 0.15) is 11.5 Å². The fourth-order valence-electron chi connectivity index (χ4n) is 2.78. The van der Waals surface area contributed by atoms with Crippen molar-refractivity contribution in [2.45, 2.75) is 27.2 Å². The second kappa shape index (κ2) is 7.88. The number of methoxy groups -OCH3 is 2. The second-order valence-corrected chi connectivity index (χ2v) is 7.55. The molecule has 0 unspecified atom stereocenters. The molecular weight excluding hydrogens is 304 g/mol. The molecule has 5 heteroatoms. The summed E-state index contributed by atoms with van der Waals surface area (Å²) in [5, 5.41) is 0. The van der Waals surface area contributed by atoms with Crippen molar-refractivity contribution in [3.05, 3.63) is 23.8 Å². The normalized spacial score (nSPS) is 16.1. The minimum absolute atomic E-state index is 0.0441. The molecule has 0 atom stereocenters. The molecule has 1 aromatic carbocycles. The smallest absolute Gasteiger partial charge is 0.254 e. The quantitative estimate of drug-likeness (QED) is 0.830. The Balaban J connectivity index is 1.95. The zero-order valence-corrected chi connectivity index (χ0v) is 15.6. The van der Waals surface area contributed by atoms with Crippen molar-refractivity contribution in [2.75, 3.05) is 46.9 Å². The lowest BCUT2D eigenvalue weighted by atomic mass is 9.92. The van der Waals surface area contributed by atoms with Gasteiger partial charge in [-0.15, -0.1) is 0 Å². The third-order valence-electron chi connectivity index (χ3n) is 4.44. The molecule has 1 aliphatic heterocycles. The van der Waals surface area contributed by atoms with Crippen LogP contribution < -0.4 is 9.47 Å². The first-order chi connectivity index (χ1) is 11.3. The summed E-state index contributed by atoms with van der Waals surface area (Å²) in [6.45, 7) is 11.3. The van der Waals surface area contributed by atoms with E-state index in [2.05, 4.69) is 25.7 Å². The molecule has 1 saturated heterocycles. The standard InChI is InChI=1S/C19H30N2O3/c1-19(2,3)6-7-20-8-10-21(11-9-20)18(22)15-12-16(23-4)14-17(13-15)24-5/h12-14H,6-11H2,1-5H3. The number of benzene rings is 1. The summed E-state index contributed by atoms with van der Waals surface area (Å²) in [6.07, 6.45) is 1.17. The van der Waals surface area contributed by atoms with Gasteiger partial charge in [-0.3, -0.25) is 9.69 Å². The van der Waals surface area contributed by atoms with Gasteiger partial charge in [-0.25, -0.2) is 0 Å². The maximum absolute atomic E-state index is 12.8. The van der Waals surface area contributed by atoms with Crippen molar-refractivity contribution < 1.29 is 14.3 Å². The maximum atomic E-state index is 12.8. The van der Waals surface area contributed by atoms with Crippen molar-refractivity contribution in [3.63, 3.8) is 0 Å². The van der Waals surface area contributed by atoms with E-state index >= 15 is 0 Å². The highest BCUT2D eigenvalue weighted by Gasteiger charge is 2.23. The Bertz CT molecular complexity index is 536.